The minimum absolute atomic E-state index is 0.163. The first-order valence-electron chi connectivity index (χ1n) is 6.44. The van der Waals surface area contributed by atoms with Gasteiger partial charge >= 0.3 is 0 Å². The molecule has 0 spiro atoms. The summed E-state index contributed by atoms with van der Waals surface area (Å²) in [7, 11) is -2.79. The van der Waals surface area contributed by atoms with Crippen LogP contribution in [0.25, 0.3) is 0 Å². The third-order valence-electron chi connectivity index (χ3n) is 3.58. The van der Waals surface area contributed by atoms with E-state index < -0.39 is 9.84 Å². The summed E-state index contributed by atoms with van der Waals surface area (Å²) in [4.78, 5) is 0. The Bertz CT molecular complexity index is 572. The van der Waals surface area contributed by atoms with Crippen molar-refractivity contribution in [2.45, 2.75) is 19.4 Å². The van der Waals surface area contributed by atoms with Gasteiger partial charge < -0.3 is 5.32 Å². The van der Waals surface area contributed by atoms with E-state index in [9.17, 15) is 8.42 Å². The summed E-state index contributed by atoms with van der Waals surface area (Å²) in [6, 6.07) is 9.72. The number of hydrogen-bond donors (Lipinski definition) is 1. The Morgan fingerprint density at radius 1 is 1.42 bits per heavy atom. The molecule has 1 aliphatic rings. The number of hydrogen-bond acceptors (Lipinski definition) is 4. The van der Waals surface area contributed by atoms with E-state index in [-0.39, 0.29) is 12.0 Å². The molecular weight excluding hydrogens is 260 g/mol. The first-order valence-corrected chi connectivity index (χ1v) is 8.26. The molecule has 2 rings (SSSR count). The summed E-state index contributed by atoms with van der Waals surface area (Å²) in [5.74, 6) is 0.857. The lowest BCUT2D eigenvalue weighted by Crippen LogP contribution is -2.26. The topological polar surface area (TPSA) is 70.0 Å². The maximum Gasteiger partial charge on any atom is 0.150 e. The van der Waals surface area contributed by atoms with E-state index in [1.807, 2.05) is 19.1 Å². The van der Waals surface area contributed by atoms with E-state index in [2.05, 4.69) is 11.4 Å². The van der Waals surface area contributed by atoms with Gasteiger partial charge in [0.1, 0.15) is 0 Å². The molecule has 1 aromatic rings. The van der Waals surface area contributed by atoms with Crippen molar-refractivity contribution < 1.29 is 8.42 Å². The predicted molar refractivity (Wildman–Crippen MR) is 74.3 cm³/mol. The number of rotatable bonds is 4. The van der Waals surface area contributed by atoms with Crippen LogP contribution in [0, 0.1) is 17.2 Å². The minimum atomic E-state index is -2.79. The zero-order valence-corrected chi connectivity index (χ0v) is 11.8. The lowest BCUT2D eigenvalue weighted by molar-refractivity contribution is 0.476. The van der Waals surface area contributed by atoms with E-state index >= 15 is 0 Å². The lowest BCUT2D eigenvalue weighted by atomic mass is 10.0. The molecule has 2 unspecified atom stereocenters. The fourth-order valence-electron chi connectivity index (χ4n) is 2.34. The highest BCUT2D eigenvalue weighted by atomic mass is 32.2. The molecule has 1 heterocycles. The van der Waals surface area contributed by atoms with Crippen LogP contribution in [0.2, 0.25) is 0 Å². The standard InChI is InChI=1S/C14H18N2O2S/c1-11(14-4-2-12(8-15)3-5-14)16-9-13-6-7-19(17,18)10-13/h2-5,11,13,16H,6-7,9-10H2,1H3. The van der Waals surface area contributed by atoms with Crippen molar-refractivity contribution in [3.8, 4) is 6.07 Å². The molecule has 4 nitrogen and oxygen atoms in total. The second-order valence-corrected chi connectivity index (χ2v) is 7.36. The van der Waals surface area contributed by atoms with E-state index in [4.69, 9.17) is 5.26 Å². The summed E-state index contributed by atoms with van der Waals surface area (Å²) >= 11 is 0. The molecule has 0 saturated carbocycles. The third kappa shape index (κ3) is 3.79. The highest BCUT2D eigenvalue weighted by molar-refractivity contribution is 7.91. The van der Waals surface area contributed by atoms with E-state index in [1.165, 1.54) is 0 Å². The van der Waals surface area contributed by atoms with Crippen molar-refractivity contribution in [2.75, 3.05) is 18.1 Å². The zero-order valence-electron chi connectivity index (χ0n) is 11.0. The first-order chi connectivity index (χ1) is 9.00. The molecule has 0 radical (unpaired) electrons. The Kier molecular flexibility index (Phi) is 4.23. The molecular formula is C14H18N2O2S. The first kappa shape index (κ1) is 14.0. The van der Waals surface area contributed by atoms with Gasteiger partial charge in [-0.2, -0.15) is 5.26 Å². The summed E-state index contributed by atoms with van der Waals surface area (Å²) < 4.78 is 22.7. The number of sulfone groups is 1. The number of benzene rings is 1. The van der Waals surface area contributed by atoms with Gasteiger partial charge in [0.25, 0.3) is 0 Å². The van der Waals surface area contributed by atoms with Gasteiger partial charge in [-0.15, -0.1) is 0 Å². The van der Waals surface area contributed by atoms with Crippen LogP contribution in [0.1, 0.15) is 30.5 Å². The zero-order chi connectivity index (χ0) is 13.9. The minimum Gasteiger partial charge on any atom is -0.310 e. The molecule has 0 bridgehead atoms. The Morgan fingerprint density at radius 2 is 2.11 bits per heavy atom. The van der Waals surface area contributed by atoms with Crippen molar-refractivity contribution in [3.63, 3.8) is 0 Å². The lowest BCUT2D eigenvalue weighted by Gasteiger charge is -2.16. The second kappa shape index (κ2) is 5.72. The van der Waals surface area contributed by atoms with Crippen molar-refractivity contribution in [1.82, 2.24) is 5.32 Å². The average Bonchev–Trinajstić information content (AvgIpc) is 2.76. The molecule has 5 heteroatoms. The van der Waals surface area contributed by atoms with Gasteiger partial charge in [0.15, 0.2) is 9.84 Å². The monoisotopic (exact) mass is 278 g/mol. The van der Waals surface area contributed by atoms with Crippen molar-refractivity contribution in [3.05, 3.63) is 35.4 Å². The highest BCUT2D eigenvalue weighted by Gasteiger charge is 2.27. The van der Waals surface area contributed by atoms with Gasteiger partial charge in [0.05, 0.1) is 23.1 Å². The summed E-state index contributed by atoms with van der Waals surface area (Å²) in [6.07, 6.45) is 0.759. The Hall–Kier alpha value is -1.38. The maximum absolute atomic E-state index is 11.4. The molecule has 1 aromatic carbocycles. The highest BCUT2D eigenvalue weighted by Crippen LogP contribution is 2.19. The van der Waals surface area contributed by atoms with Crippen LogP contribution in [0.4, 0.5) is 0 Å². The van der Waals surface area contributed by atoms with Crippen LogP contribution in [0.5, 0.6) is 0 Å². The quantitative estimate of drug-likeness (QED) is 0.909. The van der Waals surface area contributed by atoms with E-state index in [0.717, 1.165) is 18.5 Å². The molecule has 0 aliphatic carbocycles. The van der Waals surface area contributed by atoms with Crippen LogP contribution in [0.3, 0.4) is 0 Å². The van der Waals surface area contributed by atoms with Crippen molar-refractivity contribution in [1.29, 1.82) is 5.26 Å². The van der Waals surface area contributed by atoms with Crippen LogP contribution >= 0.6 is 0 Å². The Morgan fingerprint density at radius 3 is 2.63 bits per heavy atom. The maximum atomic E-state index is 11.4. The molecule has 19 heavy (non-hydrogen) atoms. The number of nitrogens with one attached hydrogen (secondary N) is 1. The van der Waals surface area contributed by atoms with Gasteiger partial charge in [0.2, 0.25) is 0 Å². The number of nitrogens with zero attached hydrogens (tertiary/aromatic N) is 1. The summed E-state index contributed by atoms with van der Waals surface area (Å²) in [5, 5.41) is 12.1. The summed E-state index contributed by atoms with van der Waals surface area (Å²) in [6.45, 7) is 2.77. The fourth-order valence-corrected chi connectivity index (χ4v) is 4.20. The van der Waals surface area contributed by atoms with E-state index in [1.54, 1.807) is 12.1 Å². The average molecular weight is 278 g/mol. The molecule has 102 valence electrons. The molecule has 1 saturated heterocycles. The Labute approximate surface area is 114 Å². The van der Waals surface area contributed by atoms with Crippen LogP contribution in [0.15, 0.2) is 24.3 Å². The van der Waals surface area contributed by atoms with Crippen molar-refractivity contribution in [2.24, 2.45) is 5.92 Å². The van der Waals surface area contributed by atoms with Gasteiger partial charge in [-0.25, -0.2) is 8.42 Å². The van der Waals surface area contributed by atoms with Crippen molar-refractivity contribution >= 4 is 9.84 Å². The predicted octanol–water partition coefficient (Wildman–Crippen LogP) is 1.64. The fraction of sp³-hybridized carbons (Fsp3) is 0.500. The summed E-state index contributed by atoms with van der Waals surface area (Å²) in [5.41, 5.74) is 1.76. The van der Waals surface area contributed by atoms with E-state index in [0.29, 0.717) is 17.1 Å². The van der Waals surface area contributed by atoms with Gasteiger partial charge in [-0.3, -0.25) is 0 Å². The van der Waals surface area contributed by atoms with Gasteiger partial charge in [0, 0.05) is 6.04 Å². The van der Waals surface area contributed by atoms with Crippen LogP contribution in [-0.4, -0.2) is 26.5 Å². The molecule has 0 amide bonds. The molecule has 0 aromatic heterocycles. The van der Waals surface area contributed by atoms with Gasteiger partial charge in [-0.05, 0) is 43.5 Å². The molecule has 2 atom stereocenters. The Balaban J connectivity index is 1.87. The smallest absolute Gasteiger partial charge is 0.150 e. The molecule has 1 aliphatic heterocycles. The third-order valence-corrected chi connectivity index (χ3v) is 5.42. The molecule has 1 N–H and O–H groups in total. The van der Waals surface area contributed by atoms with Gasteiger partial charge in [-0.1, -0.05) is 12.1 Å². The SMILES string of the molecule is CC(NCC1CCS(=O)(=O)C1)c1ccc(C#N)cc1. The van der Waals surface area contributed by atoms with Crippen LogP contribution in [-0.2, 0) is 9.84 Å². The largest absolute Gasteiger partial charge is 0.310 e. The second-order valence-electron chi connectivity index (χ2n) is 5.13. The number of nitriles is 1. The normalized spacial score (nSPS) is 22.8. The molecule has 1 fully saturated rings. The van der Waals surface area contributed by atoms with Crippen LogP contribution < -0.4 is 5.32 Å².